The van der Waals surface area contributed by atoms with Crippen LogP contribution < -0.4 is 14.9 Å². The van der Waals surface area contributed by atoms with Crippen LogP contribution in [0.15, 0.2) is 72.8 Å². The van der Waals surface area contributed by atoms with Crippen molar-refractivity contribution < 1.29 is 22.7 Å². The van der Waals surface area contributed by atoms with E-state index in [1.807, 2.05) is 0 Å². The van der Waals surface area contributed by atoms with Gasteiger partial charge in [-0.1, -0.05) is 35.9 Å². The molecule has 0 saturated heterocycles. The topological polar surface area (TPSA) is 105 Å². The second-order valence-corrected chi connectivity index (χ2v) is 10.4. The summed E-state index contributed by atoms with van der Waals surface area (Å²) in [7, 11) is -1.99. The summed E-state index contributed by atoms with van der Waals surface area (Å²) in [6.45, 7) is 1.10. The van der Waals surface area contributed by atoms with Crippen LogP contribution in [0, 0.1) is 0 Å². The van der Waals surface area contributed by atoms with Gasteiger partial charge in [0.15, 0.2) is 0 Å². The van der Waals surface area contributed by atoms with Gasteiger partial charge in [0.1, 0.15) is 0 Å². The highest BCUT2D eigenvalue weighted by molar-refractivity contribution is 7.92. The Morgan fingerprint density at radius 1 is 0.944 bits per heavy atom. The lowest BCUT2D eigenvalue weighted by molar-refractivity contribution is 0.0949. The molecule has 0 aromatic heterocycles. The Morgan fingerprint density at radius 3 is 2.25 bits per heavy atom. The highest BCUT2D eigenvalue weighted by Gasteiger charge is 2.19. The third kappa shape index (κ3) is 7.55. The Balaban J connectivity index is 1.73. The lowest BCUT2D eigenvalue weighted by atomic mass is 10.1. The SMILES string of the molecule is COCCCNC(=O)c1ccccc1NC(=O)c1ccc(N(Cc2ccc(Cl)cc2)S(C)(=O)=O)cc1. The van der Waals surface area contributed by atoms with Crippen molar-refractivity contribution in [2.24, 2.45) is 0 Å². The number of hydrogen-bond donors (Lipinski definition) is 2. The molecule has 0 aliphatic carbocycles. The molecular weight excluding hydrogens is 502 g/mol. The quantitative estimate of drug-likeness (QED) is 0.360. The van der Waals surface area contributed by atoms with E-state index in [0.717, 1.165) is 11.8 Å². The first-order valence-electron chi connectivity index (χ1n) is 11.2. The van der Waals surface area contributed by atoms with Gasteiger partial charge in [-0.15, -0.1) is 0 Å². The van der Waals surface area contributed by atoms with Crippen molar-refractivity contribution in [3.63, 3.8) is 0 Å². The van der Waals surface area contributed by atoms with Crippen LogP contribution in [0.3, 0.4) is 0 Å². The second kappa shape index (κ2) is 12.5. The summed E-state index contributed by atoms with van der Waals surface area (Å²) >= 11 is 5.92. The normalized spacial score (nSPS) is 11.1. The number of carbonyl (C=O) groups is 2. The predicted molar refractivity (Wildman–Crippen MR) is 142 cm³/mol. The van der Waals surface area contributed by atoms with Crippen molar-refractivity contribution in [2.45, 2.75) is 13.0 Å². The fourth-order valence-electron chi connectivity index (χ4n) is 3.43. The molecule has 0 atom stereocenters. The molecule has 8 nitrogen and oxygen atoms in total. The Labute approximate surface area is 216 Å². The van der Waals surface area contributed by atoms with Crippen molar-refractivity contribution in [1.82, 2.24) is 5.32 Å². The minimum absolute atomic E-state index is 0.119. The number of benzene rings is 3. The number of methoxy groups -OCH3 is 1. The molecule has 0 aliphatic heterocycles. The molecular formula is C26H28ClN3O5S. The van der Waals surface area contributed by atoms with Crippen molar-refractivity contribution in [1.29, 1.82) is 0 Å². The van der Waals surface area contributed by atoms with E-state index in [4.69, 9.17) is 16.3 Å². The van der Waals surface area contributed by atoms with E-state index in [9.17, 15) is 18.0 Å². The van der Waals surface area contributed by atoms with E-state index in [0.29, 0.717) is 47.1 Å². The number of anilines is 2. The zero-order valence-corrected chi connectivity index (χ0v) is 21.6. The van der Waals surface area contributed by atoms with Crippen molar-refractivity contribution >= 4 is 44.8 Å². The molecule has 0 fully saturated rings. The van der Waals surface area contributed by atoms with Crippen LogP contribution in [0.1, 0.15) is 32.7 Å². The highest BCUT2D eigenvalue weighted by Crippen LogP contribution is 2.23. The second-order valence-electron chi connectivity index (χ2n) is 8.04. The summed E-state index contributed by atoms with van der Waals surface area (Å²) in [5, 5.41) is 6.13. The van der Waals surface area contributed by atoms with Crippen molar-refractivity contribution in [2.75, 3.05) is 36.1 Å². The third-order valence-corrected chi connectivity index (χ3v) is 6.68. The molecule has 0 bridgehead atoms. The van der Waals surface area contributed by atoms with Gasteiger partial charge < -0.3 is 15.4 Å². The molecule has 10 heteroatoms. The number of halogens is 1. The maximum atomic E-state index is 12.9. The minimum Gasteiger partial charge on any atom is -0.385 e. The highest BCUT2D eigenvalue weighted by atomic mass is 35.5. The summed E-state index contributed by atoms with van der Waals surface area (Å²) in [5.74, 6) is -0.729. The molecule has 0 heterocycles. The summed E-state index contributed by atoms with van der Waals surface area (Å²) < 4.78 is 31.1. The van der Waals surface area contributed by atoms with Gasteiger partial charge in [-0.3, -0.25) is 13.9 Å². The maximum absolute atomic E-state index is 12.9. The number of rotatable bonds is 11. The Bertz CT molecular complexity index is 1300. The Morgan fingerprint density at radius 2 is 1.61 bits per heavy atom. The number of amides is 2. The van der Waals surface area contributed by atoms with E-state index in [-0.39, 0.29) is 12.5 Å². The van der Waals surface area contributed by atoms with Gasteiger partial charge >= 0.3 is 0 Å². The number of nitrogens with one attached hydrogen (secondary N) is 2. The van der Waals surface area contributed by atoms with Gasteiger partial charge in [0, 0.05) is 30.8 Å². The molecule has 3 aromatic carbocycles. The molecule has 2 N–H and O–H groups in total. The number of carbonyl (C=O) groups excluding carboxylic acids is 2. The Kier molecular flexibility index (Phi) is 9.46. The third-order valence-electron chi connectivity index (χ3n) is 5.29. The van der Waals surface area contributed by atoms with Gasteiger partial charge in [-0.25, -0.2) is 8.42 Å². The van der Waals surface area contributed by atoms with E-state index in [1.54, 1.807) is 67.8 Å². The molecule has 0 unspecified atom stereocenters. The van der Waals surface area contributed by atoms with Gasteiger partial charge in [0.25, 0.3) is 11.8 Å². The summed E-state index contributed by atoms with van der Waals surface area (Å²) in [5.41, 5.74) is 2.21. The average molecular weight is 530 g/mol. The van der Waals surface area contributed by atoms with E-state index in [2.05, 4.69) is 10.6 Å². The fraction of sp³-hybridized carbons (Fsp3) is 0.231. The zero-order chi connectivity index (χ0) is 26.1. The number of ether oxygens (including phenoxy) is 1. The lowest BCUT2D eigenvalue weighted by Gasteiger charge is -2.23. The van der Waals surface area contributed by atoms with Crippen LogP contribution in [-0.2, 0) is 21.3 Å². The Hall–Kier alpha value is -3.40. The van der Waals surface area contributed by atoms with Crippen molar-refractivity contribution in [3.05, 3.63) is 94.5 Å². The summed E-state index contributed by atoms with van der Waals surface area (Å²) in [4.78, 5) is 25.4. The minimum atomic E-state index is -3.59. The average Bonchev–Trinajstić information content (AvgIpc) is 2.86. The van der Waals surface area contributed by atoms with Gasteiger partial charge in [0.05, 0.1) is 29.7 Å². The number of nitrogens with zero attached hydrogens (tertiary/aromatic N) is 1. The van der Waals surface area contributed by atoms with E-state index < -0.39 is 15.9 Å². The number of sulfonamides is 1. The molecule has 0 spiro atoms. The zero-order valence-electron chi connectivity index (χ0n) is 20.0. The largest absolute Gasteiger partial charge is 0.385 e. The first-order valence-corrected chi connectivity index (χ1v) is 13.4. The number of hydrogen-bond acceptors (Lipinski definition) is 5. The molecule has 0 aliphatic rings. The maximum Gasteiger partial charge on any atom is 0.255 e. The summed E-state index contributed by atoms with van der Waals surface area (Å²) in [6, 6.07) is 19.8. The van der Waals surface area contributed by atoms with Gasteiger partial charge in [-0.2, -0.15) is 0 Å². The molecule has 2 amide bonds. The molecule has 0 radical (unpaired) electrons. The van der Waals surface area contributed by atoms with Crippen LogP contribution in [0.5, 0.6) is 0 Å². The van der Waals surface area contributed by atoms with Gasteiger partial charge in [-0.05, 0) is 60.5 Å². The van der Waals surface area contributed by atoms with Crippen LogP contribution in [-0.4, -0.2) is 46.7 Å². The first-order chi connectivity index (χ1) is 17.2. The fourth-order valence-corrected chi connectivity index (χ4v) is 4.45. The van der Waals surface area contributed by atoms with E-state index in [1.165, 1.54) is 16.4 Å². The predicted octanol–water partition coefficient (Wildman–Crippen LogP) is 4.32. The van der Waals surface area contributed by atoms with Crippen LogP contribution in [0.2, 0.25) is 5.02 Å². The number of para-hydroxylation sites is 1. The molecule has 0 saturated carbocycles. The van der Waals surface area contributed by atoms with Crippen LogP contribution in [0.4, 0.5) is 11.4 Å². The molecule has 3 aromatic rings. The summed E-state index contributed by atoms with van der Waals surface area (Å²) in [6.07, 6.45) is 1.80. The lowest BCUT2D eigenvalue weighted by Crippen LogP contribution is -2.29. The molecule has 36 heavy (non-hydrogen) atoms. The van der Waals surface area contributed by atoms with Crippen molar-refractivity contribution in [3.8, 4) is 0 Å². The van der Waals surface area contributed by atoms with Gasteiger partial charge in [0.2, 0.25) is 10.0 Å². The molecule has 190 valence electrons. The monoisotopic (exact) mass is 529 g/mol. The standard InChI is InChI=1S/C26H28ClN3O5S/c1-35-17-5-16-28-26(32)23-6-3-4-7-24(23)29-25(31)20-10-14-22(15-11-20)30(36(2,33)34)18-19-8-12-21(27)13-9-19/h3-4,6-15H,5,16-18H2,1-2H3,(H,28,32)(H,29,31). The first kappa shape index (κ1) is 27.2. The smallest absolute Gasteiger partial charge is 0.255 e. The van der Waals surface area contributed by atoms with E-state index >= 15 is 0 Å². The van der Waals surface area contributed by atoms with Crippen LogP contribution in [0.25, 0.3) is 0 Å². The molecule has 3 rings (SSSR count). The van der Waals surface area contributed by atoms with Crippen LogP contribution >= 0.6 is 11.6 Å².